The minimum absolute atomic E-state index is 0.0564. The summed E-state index contributed by atoms with van der Waals surface area (Å²) in [5.74, 6) is 0.673. The number of hydrogen-bond acceptors (Lipinski definition) is 3. The van der Waals surface area contributed by atoms with E-state index in [9.17, 15) is 9.59 Å². The Kier molecular flexibility index (Phi) is 1.99. The van der Waals surface area contributed by atoms with Crippen LogP contribution in [0, 0.1) is 0 Å². The van der Waals surface area contributed by atoms with Crippen molar-refractivity contribution in [3.8, 4) is 0 Å². The fraction of sp³-hybridized carbons (Fsp3) is 0.800. The van der Waals surface area contributed by atoms with Crippen LogP contribution in [0.4, 0.5) is 4.79 Å². The summed E-state index contributed by atoms with van der Waals surface area (Å²) in [6.07, 6.45) is 5.72. The van der Waals surface area contributed by atoms with Crippen molar-refractivity contribution >= 4 is 23.7 Å². The number of thioether (sulfide) groups is 1. The lowest BCUT2D eigenvalue weighted by atomic mass is 9.93. The Hall–Kier alpha value is -0.710. The molecule has 15 heavy (non-hydrogen) atoms. The molecule has 1 saturated carbocycles. The topological polar surface area (TPSA) is 49.4 Å². The van der Waals surface area contributed by atoms with Crippen LogP contribution in [0.15, 0.2) is 0 Å². The Morgan fingerprint density at radius 1 is 1.27 bits per heavy atom. The molecule has 1 N–H and O–H groups in total. The highest BCUT2D eigenvalue weighted by Gasteiger charge is 2.56. The number of rotatable bonds is 0. The lowest BCUT2D eigenvalue weighted by Gasteiger charge is -2.39. The predicted molar refractivity (Wildman–Crippen MR) is 57.4 cm³/mol. The van der Waals surface area contributed by atoms with Crippen molar-refractivity contribution < 1.29 is 9.59 Å². The van der Waals surface area contributed by atoms with Gasteiger partial charge in [0.15, 0.2) is 0 Å². The molecule has 1 spiro atoms. The van der Waals surface area contributed by atoms with Crippen LogP contribution in [0.2, 0.25) is 0 Å². The van der Waals surface area contributed by atoms with E-state index in [1.165, 1.54) is 19.3 Å². The summed E-state index contributed by atoms with van der Waals surface area (Å²) in [5.41, 5.74) is 0. The van der Waals surface area contributed by atoms with Crippen molar-refractivity contribution in [2.75, 3.05) is 5.75 Å². The molecule has 0 aromatic heterocycles. The number of carbonyl (C=O) groups is 2. The number of amides is 3. The van der Waals surface area contributed by atoms with Crippen LogP contribution in [0.25, 0.3) is 0 Å². The lowest BCUT2D eigenvalue weighted by Crippen LogP contribution is -2.47. The fourth-order valence-electron chi connectivity index (χ4n) is 2.92. The molecule has 3 rings (SSSR count). The zero-order chi connectivity index (χ0) is 10.5. The van der Waals surface area contributed by atoms with E-state index in [1.54, 1.807) is 0 Å². The summed E-state index contributed by atoms with van der Waals surface area (Å²) in [6, 6.07) is -0.363. The average molecular weight is 226 g/mol. The van der Waals surface area contributed by atoms with E-state index in [0.29, 0.717) is 0 Å². The van der Waals surface area contributed by atoms with Gasteiger partial charge in [0.25, 0.3) is 5.91 Å². The first-order chi connectivity index (χ1) is 7.23. The molecule has 82 valence electrons. The van der Waals surface area contributed by atoms with Crippen LogP contribution in [-0.4, -0.2) is 33.5 Å². The number of nitrogens with one attached hydrogen (secondary N) is 1. The second-order valence-corrected chi connectivity index (χ2v) is 5.88. The van der Waals surface area contributed by atoms with Crippen molar-refractivity contribution in [1.82, 2.24) is 10.2 Å². The summed E-state index contributed by atoms with van der Waals surface area (Å²) >= 11 is 1.81. The SMILES string of the molecule is O=C1NC(=O)N2[C@H]1CSC21CCCCC1. The standard InChI is InChI=1S/C10H14N2O2S/c13-8-7-6-15-10(4-2-1-3-5-10)12(7)9(14)11-8/h7H,1-6H2,(H,11,13,14)/t7-/m0/s1. The lowest BCUT2D eigenvalue weighted by molar-refractivity contribution is -0.121. The van der Waals surface area contributed by atoms with E-state index >= 15 is 0 Å². The monoisotopic (exact) mass is 226 g/mol. The second kappa shape index (κ2) is 3.14. The Morgan fingerprint density at radius 3 is 2.73 bits per heavy atom. The second-order valence-electron chi connectivity index (χ2n) is 4.50. The smallest absolute Gasteiger partial charge is 0.297 e. The molecular formula is C10H14N2O2S. The molecular weight excluding hydrogens is 212 g/mol. The van der Waals surface area contributed by atoms with E-state index < -0.39 is 0 Å². The van der Waals surface area contributed by atoms with Crippen molar-refractivity contribution in [1.29, 1.82) is 0 Å². The zero-order valence-corrected chi connectivity index (χ0v) is 9.31. The molecule has 2 aliphatic heterocycles. The van der Waals surface area contributed by atoms with Gasteiger partial charge in [-0.25, -0.2) is 4.79 Å². The molecule has 0 aromatic rings. The average Bonchev–Trinajstić information content (AvgIpc) is 2.71. The molecule has 3 amide bonds. The van der Waals surface area contributed by atoms with E-state index in [0.717, 1.165) is 18.6 Å². The highest BCUT2D eigenvalue weighted by Crippen LogP contribution is 2.50. The summed E-state index contributed by atoms with van der Waals surface area (Å²) in [4.78, 5) is 25.0. The van der Waals surface area contributed by atoms with Crippen LogP contribution >= 0.6 is 11.8 Å². The molecule has 1 atom stereocenters. The van der Waals surface area contributed by atoms with Gasteiger partial charge >= 0.3 is 6.03 Å². The maximum atomic E-state index is 11.7. The van der Waals surface area contributed by atoms with E-state index in [1.807, 2.05) is 16.7 Å². The third-order valence-corrected chi connectivity index (χ3v) is 5.27. The molecule has 0 unspecified atom stereocenters. The van der Waals surface area contributed by atoms with Gasteiger partial charge in [0, 0.05) is 5.75 Å². The number of fused-ring (bicyclic) bond motifs is 2. The van der Waals surface area contributed by atoms with Gasteiger partial charge in [-0.3, -0.25) is 15.0 Å². The van der Waals surface area contributed by atoms with Crippen LogP contribution in [-0.2, 0) is 4.79 Å². The Labute approximate surface area is 92.8 Å². The Balaban J connectivity index is 1.92. The highest BCUT2D eigenvalue weighted by atomic mass is 32.2. The Bertz CT molecular complexity index is 325. The van der Waals surface area contributed by atoms with Crippen LogP contribution in [0.3, 0.4) is 0 Å². The summed E-state index contributed by atoms with van der Waals surface area (Å²) in [7, 11) is 0. The summed E-state index contributed by atoms with van der Waals surface area (Å²) in [6.45, 7) is 0. The number of nitrogens with zero attached hydrogens (tertiary/aromatic N) is 1. The van der Waals surface area contributed by atoms with E-state index in [4.69, 9.17) is 0 Å². The minimum Gasteiger partial charge on any atom is -0.297 e. The fourth-order valence-corrected chi connectivity index (χ4v) is 4.62. The quantitative estimate of drug-likeness (QED) is 0.634. The molecule has 4 nitrogen and oxygen atoms in total. The van der Waals surface area contributed by atoms with Crippen LogP contribution in [0.5, 0.6) is 0 Å². The number of carbonyl (C=O) groups excluding carboxylic acids is 2. The van der Waals surface area contributed by atoms with Gasteiger partial charge in [-0.1, -0.05) is 19.3 Å². The van der Waals surface area contributed by atoms with Gasteiger partial charge in [-0.2, -0.15) is 0 Å². The number of hydrogen-bond donors (Lipinski definition) is 1. The van der Waals surface area contributed by atoms with E-state index in [-0.39, 0.29) is 22.9 Å². The van der Waals surface area contributed by atoms with E-state index in [2.05, 4.69) is 5.32 Å². The van der Waals surface area contributed by atoms with Crippen LogP contribution in [0.1, 0.15) is 32.1 Å². The first kappa shape index (κ1) is 9.51. The summed E-state index contributed by atoms with van der Waals surface area (Å²) in [5, 5.41) is 2.43. The molecule has 0 bridgehead atoms. The van der Waals surface area contributed by atoms with Crippen molar-refractivity contribution in [3.05, 3.63) is 0 Å². The van der Waals surface area contributed by atoms with Crippen molar-refractivity contribution in [2.45, 2.75) is 43.0 Å². The molecule has 2 saturated heterocycles. The van der Waals surface area contributed by atoms with Gasteiger partial charge in [-0.05, 0) is 12.8 Å². The first-order valence-corrected chi connectivity index (χ1v) is 6.50. The highest BCUT2D eigenvalue weighted by molar-refractivity contribution is 8.01. The third-order valence-electron chi connectivity index (χ3n) is 3.65. The molecule has 0 aromatic carbocycles. The maximum absolute atomic E-state index is 11.7. The predicted octanol–water partition coefficient (Wildman–Crippen LogP) is 1.31. The minimum atomic E-state index is -0.194. The maximum Gasteiger partial charge on any atom is 0.325 e. The van der Waals surface area contributed by atoms with Crippen molar-refractivity contribution in [2.24, 2.45) is 0 Å². The molecule has 3 aliphatic rings. The third kappa shape index (κ3) is 1.22. The van der Waals surface area contributed by atoms with Gasteiger partial charge in [-0.15, -0.1) is 11.8 Å². The molecule has 3 fully saturated rings. The van der Waals surface area contributed by atoms with Crippen LogP contribution < -0.4 is 5.32 Å². The molecule has 5 heteroatoms. The van der Waals surface area contributed by atoms with Gasteiger partial charge < -0.3 is 0 Å². The van der Waals surface area contributed by atoms with Crippen molar-refractivity contribution in [3.63, 3.8) is 0 Å². The largest absolute Gasteiger partial charge is 0.325 e. The first-order valence-electron chi connectivity index (χ1n) is 5.51. The number of imide groups is 1. The number of urea groups is 1. The van der Waals surface area contributed by atoms with Gasteiger partial charge in [0.2, 0.25) is 0 Å². The van der Waals surface area contributed by atoms with Gasteiger partial charge in [0.1, 0.15) is 6.04 Å². The zero-order valence-electron chi connectivity index (χ0n) is 8.49. The molecule has 0 radical (unpaired) electrons. The van der Waals surface area contributed by atoms with Gasteiger partial charge in [0.05, 0.1) is 4.87 Å². The molecule has 1 aliphatic carbocycles. The Morgan fingerprint density at radius 2 is 2.00 bits per heavy atom. The summed E-state index contributed by atoms with van der Waals surface area (Å²) < 4.78 is 0. The normalized spacial score (nSPS) is 33.3. The molecule has 2 heterocycles.